The second-order valence-electron chi connectivity index (χ2n) is 0.447. The van der Waals surface area contributed by atoms with Gasteiger partial charge in [0, 0.05) is 0 Å². The zero-order valence-corrected chi connectivity index (χ0v) is 5.32. The molecule has 0 bridgehead atoms. The van der Waals surface area contributed by atoms with Crippen LogP contribution < -0.4 is 14.7 Å². The van der Waals surface area contributed by atoms with Gasteiger partial charge in [0.05, 0.1) is 0 Å². The van der Waals surface area contributed by atoms with Crippen molar-refractivity contribution >= 4 is 7.82 Å². The van der Waals surface area contributed by atoms with Crippen LogP contribution in [0.4, 0.5) is 0 Å². The van der Waals surface area contributed by atoms with Gasteiger partial charge in [-0.1, -0.05) is 0 Å². The van der Waals surface area contributed by atoms with E-state index < -0.39 is 7.82 Å². The molecule has 7 heavy (non-hydrogen) atoms. The molecule has 0 aliphatic heterocycles. The van der Waals surface area contributed by atoms with Crippen molar-refractivity contribution in [3.8, 4) is 0 Å². The molecule has 0 saturated carbocycles. The number of hydrogen-bond donors (Lipinski definition) is 0. The van der Waals surface area contributed by atoms with Gasteiger partial charge < -0.3 is 24.7 Å². The predicted octanol–water partition coefficient (Wildman–Crippen LogP) is -3.65. The number of phosphoric acid groups is 1. The SMILES string of the molecule is O.O=P([O-])([O-])[O-].[V+3]. The number of rotatable bonds is 0. The molecule has 0 radical (unpaired) electrons. The standard InChI is InChI=1S/H3O4P.H2O.V/c1-5(2,3)4;;/h(H3,1,2,3,4);1H2;/q;;+3/p-3. The van der Waals surface area contributed by atoms with E-state index in [2.05, 4.69) is 0 Å². The first-order chi connectivity index (χ1) is 2.00. The third-order valence-corrected chi connectivity index (χ3v) is 0. The van der Waals surface area contributed by atoms with E-state index >= 15 is 0 Å². The summed E-state index contributed by atoms with van der Waals surface area (Å²) in [5.41, 5.74) is 0. The summed E-state index contributed by atoms with van der Waals surface area (Å²) < 4.78 is 8.55. The van der Waals surface area contributed by atoms with Gasteiger partial charge in [-0.3, -0.25) is 0 Å². The fourth-order valence-electron chi connectivity index (χ4n) is 0. The van der Waals surface area contributed by atoms with Crippen molar-refractivity contribution in [2.75, 3.05) is 0 Å². The summed E-state index contributed by atoms with van der Waals surface area (Å²) in [6.07, 6.45) is 0. The molecule has 0 aromatic heterocycles. The molecule has 0 fully saturated rings. The fraction of sp³-hybridized carbons (Fsp3) is 0. The average Bonchev–Trinajstić information content (AvgIpc) is 0.722. The zero-order valence-electron chi connectivity index (χ0n) is 3.03. The molecular weight excluding hydrogens is 162 g/mol. The molecule has 0 saturated heterocycles. The molecule has 0 aromatic carbocycles. The van der Waals surface area contributed by atoms with Crippen molar-refractivity contribution in [1.82, 2.24) is 0 Å². The summed E-state index contributed by atoms with van der Waals surface area (Å²) in [5, 5.41) is 0. The van der Waals surface area contributed by atoms with E-state index in [1.54, 1.807) is 0 Å². The van der Waals surface area contributed by atoms with Gasteiger partial charge in [-0.2, -0.15) is 7.82 Å². The first kappa shape index (κ1) is 15.6. The third-order valence-electron chi connectivity index (χ3n) is 0. The van der Waals surface area contributed by atoms with Crippen LogP contribution in [0.25, 0.3) is 0 Å². The molecule has 0 rings (SSSR count). The maximum atomic E-state index is 8.55. The molecule has 0 unspecified atom stereocenters. The van der Waals surface area contributed by atoms with Crippen molar-refractivity contribution in [3.63, 3.8) is 0 Å². The average molecular weight is 164 g/mol. The monoisotopic (exact) mass is 164 g/mol. The van der Waals surface area contributed by atoms with Crippen molar-refractivity contribution in [2.24, 2.45) is 0 Å². The second-order valence-corrected chi connectivity index (χ2v) is 1.34. The smallest absolute Gasteiger partial charge is 0.822 e. The molecular formula is H2O5PV. The molecule has 0 aromatic rings. The van der Waals surface area contributed by atoms with Crippen molar-refractivity contribution < 1.29 is 43.3 Å². The fourth-order valence-corrected chi connectivity index (χ4v) is 0. The summed E-state index contributed by atoms with van der Waals surface area (Å²) in [7, 11) is -5.39. The van der Waals surface area contributed by atoms with Gasteiger partial charge in [0.25, 0.3) is 0 Å². The Hall–Kier alpha value is 0.654. The van der Waals surface area contributed by atoms with Crippen molar-refractivity contribution in [1.29, 1.82) is 0 Å². The Balaban J connectivity index is -0.0000000800. The maximum Gasteiger partial charge on any atom is 3.00 e. The van der Waals surface area contributed by atoms with Crippen LogP contribution in [0.5, 0.6) is 0 Å². The Morgan fingerprint density at radius 3 is 1.14 bits per heavy atom. The van der Waals surface area contributed by atoms with Crippen LogP contribution in [0.3, 0.4) is 0 Å². The van der Waals surface area contributed by atoms with Gasteiger partial charge in [0.2, 0.25) is 0 Å². The Bertz CT molecular complexity index is 54.2. The molecule has 5 nitrogen and oxygen atoms in total. The van der Waals surface area contributed by atoms with Crippen molar-refractivity contribution in [3.05, 3.63) is 0 Å². The minimum absolute atomic E-state index is 0. The molecule has 2 N–H and O–H groups in total. The van der Waals surface area contributed by atoms with Crippen LogP contribution in [0.2, 0.25) is 0 Å². The third kappa shape index (κ3) is 337. The van der Waals surface area contributed by atoms with E-state index in [-0.39, 0.29) is 24.0 Å². The van der Waals surface area contributed by atoms with Crippen LogP contribution in [0.1, 0.15) is 0 Å². The van der Waals surface area contributed by atoms with Crippen LogP contribution in [0, 0.1) is 0 Å². The van der Waals surface area contributed by atoms with Crippen molar-refractivity contribution in [2.45, 2.75) is 0 Å². The molecule has 0 amide bonds. The molecule has 0 heterocycles. The maximum absolute atomic E-state index is 8.55. The Labute approximate surface area is 51.8 Å². The van der Waals surface area contributed by atoms with Crippen LogP contribution >= 0.6 is 7.82 Å². The number of hydrogen-bond acceptors (Lipinski definition) is 4. The van der Waals surface area contributed by atoms with E-state index in [0.717, 1.165) is 0 Å². The Kier molecular flexibility index (Phi) is 10.7. The Morgan fingerprint density at radius 1 is 1.14 bits per heavy atom. The van der Waals surface area contributed by atoms with Crippen LogP contribution in [0.15, 0.2) is 0 Å². The van der Waals surface area contributed by atoms with E-state index in [9.17, 15) is 0 Å². The van der Waals surface area contributed by atoms with Gasteiger partial charge in [0.15, 0.2) is 0 Å². The quantitative estimate of drug-likeness (QED) is 0.343. The van der Waals surface area contributed by atoms with Gasteiger partial charge in [0.1, 0.15) is 0 Å². The second kappa shape index (κ2) is 4.80. The topological polar surface area (TPSA) is 118 Å². The first-order valence-electron chi connectivity index (χ1n) is 0.730. The summed E-state index contributed by atoms with van der Waals surface area (Å²) in [6.45, 7) is 0. The van der Waals surface area contributed by atoms with E-state index in [1.165, 1.54) is 0 Å². The molecule has 0 aliphatic carbocycles. The van der Waals surface area contributed by atoms with Gasteiger partial charge in [-0.05, 0) is 0 Å². The molecule has 0 atom stereocenters. The Morgan fingerprint density at radius 2 is 1.14 bits per heavy atom. The summed E-state index contributed by atoms with van der Waals surface area (Å²) in [6, 6.07) is 0. The normalized spacial score (nSPS) is 8.43. The minimum atomic E-state index is -5.39. The molecule has 0 spiro atoms. The van der Waals surface area contributed by atoms with E-state index in [0.29, 0.717) is 0 Å². The summed E-state index contributed by atoms with van der Waals surface area (Å²) in [5.74, 6) is 0. The van der Waals surface area contributed by atoms with E-state index in [4.69, 9.17) is 19.2 Å². The summed E-state index contributed by atoms with van der Waals surface area (Å²) in [4.78, 5) is 25.6. The zero-order chi connectivity index (χ0) is 4.50. The molecule has 42 valence electrons. The van der Waals surface area contributed by atoms with E-state index in [1.807, 2.05) is 0 Å². The van der Waals surface area contributed by atoms with Gasteiger partial charge >= 0.3 is 18.6 Å². The predicted molar refractivity (Wildman–Crippen MR) is 11.2 cm³/mol. The molecule has 0 aliphatic rings. The van der Waals surface area contributed by atoms with Crippen LogP contribution in [-0.4, -0.2) is 5.48 Å². The minimum Gasteiger partial charge on any atom is -0.822 e. The summed E-state index contributed by atoms with van der Waals surface area (Å²) >= 11 is 0. The largest absolute Gasteiger partial charge is 3.00 e. The van der Waals surface area contributed by atoms with Gasteiger partial charge in [-0.25, -0.2) is 0 Å². The molecule has 7 heteroatoms. The van der Waals surface area contributed by atoms with Crippen LogP contribution in [-0.2, 0) is 23.1 Å². The first-order valence-corrected chi connectivity index (χ1v) is 2.19. The van der Waals surface area contributed by atoms with Gasteiger partial charge in [-0.15, -0.1) is 0 Å².